The molecule has 4 aliphatic rings. The van der Waals surface area contributed by atoms with E-state index < -0.39 is 0 Å². The molecule has 0 atom stereocenters. The van der Waals surface area contributed by atoms with Gasteiger partial charge in [0, 0.05) is 66.8 Å². The van der Waals surface area contributed by atoms with Crippen LogP contribution >= 0.6 is 0 Å². The third-order valence-electron chi connectivity index (χ3n) is 21.2. The molecule has 0 saturated carbocycles. The van der Waals surface area contributed by atoms with Crippen LogP contribution in [0.2, 0.25) is 0 Å². The van der Waals surface area contributed by atoms with Crippen molar-refractivity contribution in [3.8, 4) is 100 Å². The molecule has 2 amide bonds. The Morgan fingerprint density at radius 2 is 0.443 bits per heavy atom. The van der Waals surface area contributed by atoms with Crippen LogP contribution < -0.4 is 20.6 Å². The van der Waals surface area contributed by atoms with Crippen LogP contribution in [-0.4, -0.2) is 41.7 Å². The maximum atomic E-state index is 14.4. The molecule has 4 N–H and O–H groups in total. The molecule has 20 rings (SSSR count). The number of aromatic amines is 2. The number of carbonyl (C=O) groups is 2. The molecule has 115 heavy (non-hydrogen) atoms. The molecule has 12 nitrogen and oxygen atoms in total. The van der Waals surface area contributed by atoms with Crippen molar-refractivity contribution in [2.45, 2.75) is 0 Å². The average Bonchev–Trinajstić information content (AvgIpc) is 1.63. The molecule has 13 heteroatoms. The molecule has 10 aromatic carbocycles. The Morgan fingerprint density at radius 1 is 0.226 bits per heavy atom. The number of nitrogens with zero attached hydrogens (tertiary/aromatic N) is 6. The summed E-state index contributed by atoms with van der Waals surface area (Å²) in [4.78, 5) is 69.2. The van der Waals surface area contributed by atoms with E-state index in [1.807, 2.05) is 182 Å². The van der Waals surface area contributed by atoms with Crippen molar-refractivity contribution >= 4 is 116 Å². The molecule has 0 saturated heterocycles. The largest absolute Gasteiger partial charge is 2.00 e. The Hall–Kier alpha value is -15.0. The van der Waals surface area contributed by atoms with Gasteiger partial charge in [-0.3, -0.25) is 9.59 Å². The molecule has 16 aromatic rings. The van der Waals surface area contributed by atoms with Crippen LogP contribution in [0.1, 0.15) is 66.3 Å². The van der Waals surface area contributed by atoms with Gasteiger partial charge in [-0.15, -0.1) is 22.1 Å². The quantitative estimate of drug-likeness (QED) is 0.0827. The Bertz CT molecular complexity index is 6530. The van der Waals surface area contributed by atoms with Crippen LogP contribution in [0.15, 0.2) is 328 Å². The first kappa shape index (κ1) is 70.4. The fraction of sp³-hybridized carbons (Fsp3) is 0. The Kier molecular flexibility index (Phi) is 18.6. The fourth-order valence-corrected chi connectivity index (χ4v) is 15.9. The van der Waals surface area contributed by atoms with Gasteiger partial charge in [-0.2, -0.15) is 0 Å². The smallest absolute Gasteiger partial charge is 0.657 e. The third-order valence-corrected chi connectivity index (χ3v) is 21.2. The minimum Gasteiger partial charge on any atom is -0.657 e. The standard InChI is InChI=1S/C102H68N10O2.Zn/c113-101(71-41-37-69(38-42-71)99-89-57-53-85(109-89)95(65-25-11-3-12-26-65)81-49-45-77(105-81)93(63-21-7-1-8-22-63)78-46-50-82(106-78)96(66-27-13-4-14-28-66)86-54-58-90(99)110-86)103-75-35-19-33-73(61-75)74-34-20-36-76(62-74)104-102(114)72-43-39-70(40-44-72)100-91-59-55-87(111-91)97(67-29-15-5-16-30-67)83-51-47-79(107-83)94(64-23-9-2-10-24-64)80-48-52-84(108-80)98(68-31-17-6-18-32-68)88-56-60-92(100)112-88;/h1-62H,(H6,103,104,105,106,107,108,109,110,111,112,113,114);/q;+2/p-2. The van der Waals surface area contributed by atoms with Gasteiger partial charge in [-0.1, -0.05) is 255 Å². The van der Waals surface area contributed by atoms with Crippen molar-refractivity contribution in [1.29, 1.82) is 0 Å². The number of H-pyrrole nitrogens is 2. The van der Waals surface area contributed by atoms with Crippen LogP contribution in [0.3, 0.4) is 0 Å². The summed E-state index contributed by atoms with van der Waals surface area (Å²) in [5.41, 5.74) is 31.7. The second-order valence-electron chi connectivity index (χ2n) is 28.3. The summed E-state index contributed by atoms with van der Waals surface area (Å²) in [6, 6.07) is 109. The molecule has 0 spiro atoms. The number of carbonyl (C=O) groups excluding carboxylic acids is 2. The van der Waals surface area contributed by atoms with Gasteiger partial charge >= 0.3 is 19.5 Å². The van der Waals surface area contributed by atoms with E-state index in [1.165, 1.54) is 0 Å². The zero-order valence-electron chi connectivity index (χ0n) is 62.0. The van der Waals surface area contributed by atoms with E-state index in [1.54, 1.807) is 0 Å². The van der Waals surface area contributed by atoms with Crippen molar-refractivity contribution < 1.29 is 29.1 Å². The van der Waals surface area contributed by atoms with E-state index in [0.29, 0.717) is 33.7 Å². The molecule has 16 bridgehead atoms. The van der Waals surface area contributed by atoms with Gasteiger partial charge in [0.25, 0.3) is 11.8 Å². The van der Waals surface area contributed by atoms with Crippen molar-refractivity contribution in [3.05, 3.63) is 384 Å². The number of rotatable bonds is 13. The van der Waals surface area contributed by atoms with Gasteiger partial charge in [-0.25, -0.2) is 19.9 Å². The molecule has 6 aromatic heterocycles. The Labute approximate surface area is 675 Å². The molecule has 0 radical (unpaired) electrons. The van der Waals surface area contributed by atoms with Crippen molar-refractivity contribution in [2.24, 2.45) is 0 Å². The SMILES string of the molecule is O=C(Nc1cccc(-c2cccc(NC(=O)c3ccc(-c4c5nc(c(-c6ccccc6)c6ccc([nH]6)c(-c6ccccc6)c6nc(c(-c7ccccc7)c7ccc4[nH]7)C=C6)C=C5)cc3)c2)c1)c1ccc(-c2c3nc(c(-c4ccccc4)c4ccc([n-]4)c(-c4ccccc4)c4nc(c(-c5ccccc5)c5ccc2[n-]5)C=C4)C=C3)cc1.[Zn+2]. The first-order chi connectivity index (χ1) is 56.3. The normalized spacial score (nSPS) is 11.9. The van der Waals surface area contributed by atoms with E-state index >= 15 is 0 Å². The maximum Gasteiger partial charge on any atom is 2.00 e. The van der Waals surface area contributed by atoms with Crippen molar-refractivity contribution in [1.82, 2.24) is 39.9 Å². The number of amides is 2. The first-order valence-corrected chi connectivity index (χ1v) is 37.9. The number of anilines is 2. The molecule has 0 fully saturated rings. The molecule has 0 aliphatic carbocycles. The first-order valence-electron chi connectivity index (χ1n) is 37.9. The summed E-state index contributed by atoms with van der Waals surface area (Å²) in [6.45, 7) is 0. The molecule has 0 unspecified atom stereocenters. The summed E-state index contributed by atoms with van der Waals surface area (Å²) in [5, 5.41) is 6.33. The zero-order valence-corrected chi connectivity index (χ0v) is 65.0. The van der Waals surface area contributed by atoms with Crippen LogP contribution in [-0.2, 0) is 19.5 Å². The van der Waals surface area contributed by atoms with Crippen LogP contribution in [0.4, 0.5) is 11.4 Å². The monoisotopic (exact) mass is 1530 g/mol. The zero-order chi connectivity index (χ0) is 76.0. The number of aromatic nitrogens is 8. The maximum absolute atomic E-state index is 14.4. The van der Waals surface area contributed by atoms with Gasteiger partial charge in [0.05, 0.1) is 45.6 Å². The topological polar surface area (TPSA) is 170 Å². The fourth-order valence-electron chi connectivity index (χ4n) is 15.9. The summed E-state index contributed by atoms with van der Waals surface area (Å²) >= 11 is 0. The van der Waals surface area contributed by atoms with Crippen LogP contribution in [0.25, 0.3) is 193 Å². The van der Waals surface area contributed by atoms with Gasteiger partial charge in [0.2, 0.25) is 0 Å². The average molecular weight is 1530 g/mol. The van der Waals surface area contributed by atoms with Crippen molar-refractivity contribution in [2.75, 3.05) is 10.6 Å². The minimum atomic E-state index is -0.284. The van der Waals surface area contributed by atoms with Crippen molar-refractivity contribution in [3.63, 3.8) is 0 Å². The molecular formula is C102H66N10O2Zn. The summed E-state index contributed by atoms with van der Waals surface area (Å²) in [7, 11) is 0. The van der Waals surface area contributed by atoms with Gasteiger partial charge in [0.15, 0.2) is 0 Å². The van der Waals surface area contributed by atoms with E-state index in [-0.39, 0.29) is 31.3 Å². The second kappa shape index (κ2) is 30.3. The number of hydrogen-bond donors (Lipinski definition) is 4. The summed E-state index contributed by atoms with van der Waals surface area (Å²) < 4.78 is 0. The van der Waals surface area contributed by atoms with E-state index in [0.717, 1.165) is 179 Å². The minimum absolute atomic E-state index is 0. The molecule has 4 aliphatic heterocycles. The predicted molar refractivity (Wildman–Crippen MR) is 467 cm³/mol. The van der Waals surface area contributed by atoms with Gasteiger partial charge < -0.3 is 30.6 Å². The Morgan fingerprint density at radius 3 is 0.704 bits per heavy atom. The summed E-state index contributed by atoms with van der Waals surface area (Å²) in [5.74, 6) is -0.560. The van der Waals surface area contributed by atoms with Crippen LogP contribution in [0, 0.1) is 0 Å². The van der Waals surface area contributed by atoms with E-state index in [2.05, 4.69) is 215 Å². The predicted octanol–water partition coefficient (Wildman–Crippen LogP) is 24.4. The number of fused-ring (bicyclic) bond motifs is 16. The molecule has 10 heterocycles. The third kappa shape index (κ3) is 13.7. The number of hydrogen-bond acceptors (Lipinski definition) is 6. The van der Waals surface area contributed by atoms with Crippen LogP contribution in [0.5, 0.6) is 0 Å². The van der Waals surface area contributed by atoms with Gasteiger partial charge in [0.1, 0.15) is 0 Å². The Balaban J connectivity index is 0.00000884. The van der Waals surface area contributed by atoms with Gasteiger partial charge in [-0.05, 0) is 199 Å². The van der Waals surface area contributed by atoms with E-state index in [4.69, 9.17) is 29.9 Å². The molecular weight excluding hydrogens is 1460 g/mol. The summed E-state index contributed by atoms with van der Waals surface area (Å²) in [6.07, 6.45) is 16.6. The number of benzene rings is 10. The molecule has 538 valence electrons. The second-order valence-corrected chi connectivity index (χ2v) is 28.3. The van der Waals surface area contributed by atoms with E-state index in [9.17, 15) is 9.59 Å². The number of nitrogens with one attached hydrogen (secondary N) is 4.